The van der Waals surface area contributed by atoms with Crippen LogP contribution >= 0.6 is 0 Å². The van der Waals surface area contributed by atoms with Crippen molar-refractivity contribution in [1.29, 1.82) is 0 Å². The molecule has 0 aromatic heterocycles. The lowest BCUT2D eigenvalue weighted by atomic mass is 9.86. The van der Waals surface area contributed by atoms with Crippen LogP contribution in [0, 0.1) is 5.92 Å². The first kappa shape index (κ1) is 16.0. The van der Waals surface area contributed by atoms with Crippen LogP contribution in [-0.2, 0) is 9.59 Å². The Labute approximate surface area is 116 Å². The van der Waals surface area contributed by atoms with Crippen LogP contribution in [0.4, 0.5) is 0 Å². The average molecular weight is 268 g/mol. The van der Waals surface area contributed by atoms with E-state index in [0.717, 1.165) is 12.8 Å². The van der Waals surface area contributed by atoms with Crippen molar-refractivity contribution in [3.05, 3.63) is 0 Å². The summed E-state index contributed by atoms with van der Waals surface area (Å²) in [6, 6.07) is -0.186. The smallest absolute Gasteiger partial charge is 0.248 e. The van der Waals surface area contributed by atoms with E-state index < -0.39 is 5.54 Å². The topological polar surface area (TPSA) is 49.4 Å². The van der Waals surface area contributed by atoms with Crippen LogP contribution < -0.4 is 5.32 Å². The van der Waals surface area contributed by atoms with Crippen molar-refractivity contribution in [1.82, 2.24) is 10.2 Å². The van der Waals surface area contributed by atoms with Gasteiger partial charge in [0.15, 0.2) is 0 Å². The molecule has 2 amide bonds. The monoisotopic (exact) mass is 268 g/mol. The van der Waals surface area contributed by atoms with E-state index in [9.17, 15) is 9.59 Å². The predicted octanol–water partition coefficient (Wildman–Crippen LogP) is 2.33. The summed E-state index contributed by atoms with van der Waals surface area (Å²) in [5, 5.41) is 2.93. The highest BCUT2D eigenvalue weighted by Gasteiger charge is 2.49. The number of rotatable bonds is 5. The van der Waals surface area contributed by atoms with E-state index in [1.165, 1.54) is 0 Å². The molecule has 1 rings (SSSR count). The van der Waals surface area contributed by atoms with E-state index in [2.05, 4.69) is 19.2 Å². The first-order chi connectivity index (χ1) is 8.82. The van der Waals surface area contributed by atoms with Crippen molar-refractivity contribution in [3.8, 4) is 0 Å². The Hall–Kier alpha value is -1.06. The second kappa shape index (κ2) is 5.93. The van der Waals surface area contributed by atoms with Crippen LogP contribution in [0.15, 0.2) is 0 Å². The van der Waals surface area contributed by atoms with Gasteiger partial charge in [-0.15, -0.1) is 0 Å². The molecule has 1 aliphatic heterocycles. The summed E-state index contributed by atoms with van der Waals surface area (Å²) in [6.45, 7) is 11.9. The second-order valence-corrected chi connectivity index (χ2v) is 6.05. The number of carbonyl (C=O) groups is 2. The zero-order valence-corrected chi connectivity index (χ0v) is 13.1. The molecule has 0 saturated carbocycles. The number of hydrogen-bond donors (Lipinski definition) is 1. The van der Waals surface area contributed by atoms with Crippen LogP contribution in [0.1, 0.15) is 60.8 Å². The summed E-state index contributed by atoms with van der Waals surface area (Å²) in [4.78, 5) is 27.1. The maximum atomic E-state index is 12.8. The fourth-order valence-corrected chi connectivity index (χ4v) is 2.88. The number of piperazine rings is 1. The van der Waals surface area contributed by atoms with Gasteiger partial charge in [-0.3, -0.25) is 9.59 Å². The molecule has 1 heterocycles. The Balaban J connectivity index is 3.21. The van der Waals surface area contributed by atoms with Gasteiger partial charge in [-0.05, 0) is 32.1 Å². The normalized spacial score (nSPS) is 28.2. The standard InChI is InChI=1S/C15H28N2O2/c1-7-11(8-2)17-12(10(4)5)13(18)16-15(6,9-3)14(17)19/h10-12H,7-9H2,1-6H3,(H,16,18). The maximum absolute atomic E-state index is 12.8. The number of nitrogens with zero attached hydrogens (tertiary/aromatic N) is 1. The average Bonchev–Trinajstić information content (AvgIpc) is 2.36. The molecule has 1 fully saturated rings. The Morgan fingerprint density at radius 1 is 1.21 bits per heavy atom. The molecule has 0 spiro atoms. The first-order valence-corrected chi connectivity index (χ1v) is 7.47. The third-order valence-electron chi connectivity index (χ3n) is 4.35. The molecular weight excluding hydrogens is 240 g/mol. The van der Waals surface area contributed by atoms with Crippen molar-refractivity contribution in [3.63, 3.8) is 0 Å². The summed E-state index contributed by atoms with van der Waals surface area (Å²) >= 11 is 0. The van der Waals surface area contributed by atoms with Crippen LogP contribution in [0.2, 0.25) is 0 Å². The number of amides is 2. The minimum absolute atomic E-state index is 0.00847. The molecule has 0 aromatic rings. The lowest BCUT2D eigenvalue weighted by molar-refractivity contribution is -0.159. The van der Waals surface area contributed by atoms with Gasteiger partial charge in [0.2, 0.25) is 11.8 Å². The van der Waals surface area contributed by atoms with Crippen molar-refractivity contribution in [2.24, 2.45) is 5.92 Å². The zero-order valence-electron chi connectivity index (χ0n) is 13.1. The van der Waals surface area contributed by atoms with E-state index in [1.807, 2.05) is 32.6 Å². The molecule has 1 N–H and O–H groups in total. The van der Waals surface area contributed by atoms with Gasteiger partial charge in [-0.25, -0.2) is 0 Å². The number of carbonyl (C=O) groups excluding carboxylic acids is 2. The highest BCUT2D eigenvalue weighted by Crippen LogP contribution is 2.28. The van der Waals surface area contributed by atoms with Crippen molar-refractivity contribution in [2.45, 2.75) is 78.4 Å². The Kier molecular flexibility index (Phi) is 4.99. The fraction of sp³-hybridized carbons (Fsp3) is 0.867. The summed E-state index contributed by atoms with van der Waals surface area (Å²) < 4.78 is 0. The van der Waals surface area contributed by atoms with Crippen molar-refractivity contribution in [2.75, 3.05) is 0 Å². The zero-order chi connectivity index (χ0) is 14.8. The highest BCUT2D eigenvalue weighted by atomic mass is 16.2. The lowest BCUT2D eigenvalue weighted by Gasteiger charge is -2.48. The van der Waals surface area contributed by atoms with E-state index in [-0.39, 0.29) is 29.8 Å². The first-order valence-electron chi connectivity index (χ1n) is 7.47. The van der Waals surface area contributed by atoms with Crippen LogP contribution in [0.3, 0.4) is 0 Å². The number of hydrogen-bond acceptors (Lipinski definition) is 2. The molecule has 0 radical (unpaired) electrons. The van der Waals surface area contributed by atoms with Crippen molar-refractivity contribution < 1.29 is 9.59 Å². The third kappa shape index (κ3) is 2.77. The Bertz CT molecular complexity index is 350. The van der Waals surface area contributed by atoms with Gasteiger partial charge in [0.05, 0.1) is 0 Å². The SMILES string of the molecule is CCC(CC)N1C(=O)C(C)(CC)NC(=O)C1C(C)C. The molecule has 110 valence electrons. The van der Waals surface area contributed by atoms with Crippen LogP contribution in [-0.4, -0.2) is 34.3 Å². The minimum atomic E-state index is -0.745. The quantitative estimate of drug-likeness (QED) is 0.832. The molecule has 1 saturated heterocycles. The summed E-state index contributed by atoms with van der Waals surface area (Å²) in [5.41, 5.74) is -0.745. The minimum Gasteiger partial charge on any atom is -0.340 e. The van der Waals surface area contributed by atoms with E-state index in [4.69, 9.17) is 0 Å². The summed E-state index contributed by atoms with van der Waals surface area (Å²) in [5.74, 6) is 0.193. The van der Waals surface area contributed by atoms with E-state index >= 15 is 0 Å². The molecular formula is C15H28N2O2. The van der Waals surface area contributed by atoms with Gasteiger partial charge in [-0.1, -0.05) is 34.6 Å². The summed E-state index contributed by atoms with van der Waals surface area (Å²) in [7, 11) is 0. The van der Waals surface area contributed by atoms with E-state index in [0.29, 0.717) is 6.42 Å². The molecule has 0 bridgehead atoms. The molecule has 0 aromatic carbocycles. The van der Waals surface area contributed by atoms with Gasteiger partial charge < -0.3 is 10.2 Å². The second-order valence-electron chi connectivity index (χ2n) is 6.05. The largest absolute Gasteiger partial charge is 0.340 e. The molecule has 19 heavy (non-hydrogen) atoms. The number of nitrogens with one attached hydrogen (secondary N) is 1. The fourth-order valence-electron chi connectivity index (χ4n) is 2.88. The Morgan fingerprint density at radius 2 is 1.74 bits per heavy atom. The molecule has 2 unspecified atom stereocenters. The molecule has 2 atom stereocenters. The third-order valence-corrected chi connectivity index (χ3v) is 4.35. The molecule has 0 aliphatic carbocycles. The molecule has 4 nitrogen and oxygen atoms in total. The van der Waals surface area contributed by atoms with E-state index in [1.54, 1.807) is 0 Å². The van der Waals surface area contributed by atoms with Crippen LogP contribution in [0.5, 0.6) is 0 Å². The lowest BCUT2D eigenvalue weighted by Crippen LogP contribution is -2.71. The van der Waals surface area contributed by atoms with Crippen molar-refractivity contribution >= 4 is 11.8 Å². The molecule has 1 aliphatic rings. The van der Waals surface area contributed by atoms with Gasteiger partial charge in [0.25, 0.3) is 0 Å². The highest BCUT2D eigenvalue weighted by molar-refractivity contribution is 5.99. The van der Waals surface area contributed by atoms with Crippen LogP contribution in [0.25, 0.3) is 0 Å². The van der Waals surface area contributed by atoms with Gasteiger partial charge in [0, 0.05) is 6.04 Å². The predicted molar refractivity (Wildman–Crippen MR) is 76.7 cm³/mol. The van der Waals surface area contributed by atoms with Gasteiger partial charge >= 0.3 is 0 Å². The maximum Gasteiger partial charge on any atom is 0.248 e. The molecule has 4 heteroatoms. The van der Waals surface area contributed by atoms with Gasteiger partial charge in [0.1, 0.15) is 11.6 Å². The van der Waals surface area contributed by atoms with Gasteiger partial charge in [-0.2, -0.15) is 0 Å². The summed E-state index contributed by atoms with van der Waals surface area (Å²) in [6.07, 6.45) is 2.40. The Morgan fingerprint density at radius 3 is 2.11 bits per heavy atom.